The second kappa shape index (κ2) is 12.1. The van der Waals surface area contributed by atoms with Crippen LogP contribution < -0.4 is 15.7 Å². The van der Waals surface area contributed by atoms with Crippen molar-refractivity contribution in [3.63, 3.8) is 0 Å². The zero-order valence-electron chi connectivity index (χ0n) is 21.4. The number of aromatic nitrogens is 4. The number of hydrogen-bond donors (Lipinski definition) is 1. The summed E-state index contributed by atoms with van der Waals surface area (Å²) in [6.07, 6.45) is 2.51. The van der Waals surface area contributed by atoms with E-state index in [0.29, 0.717) is 25.1 Å². The molecule has 12 heteroatoms. The zero-order valence-corrected chi connectivity index (χ0v) is 22.2. The van der Waals surface area contributed by atoms with Crippen LogP contribution in [0.4, 0.5) is 13.2 Å². The Bertz CT molecular complexity index is 1550. The number of imidazole rings is 1. The number of nitrogens with one attached hydrogen (secondary N) is 1. The van der Waals surface area contributed by atoms with Gasteiger partial charge in [0, 0.05) is 24.8 Å². The normalized spacial score (nSPS) is 17.3. The molecule has 1 saturated carbocycles. The van der Waals surface area contributed by atoms with Crippen LogP contribution in [0.2, 0.25) is 5.02 Å². The third-order valence-corrected chi connectivity index (χ3v) is 7.31. The van der Waals surface area contributed by atoms with Crippen LogP contribution >= 0.6 is 11.6 Å². The maximum absolute atomic E-state index is 13.6. The van der Waals surface area contributed by atoms with Crippen molar-refractivity contribution in [3.05, 3.63) is 81.6 Å². The Kier molecular flexibility index (Phi) is 8.39. The third-order valence-electron chi connectivity index (χ3n) is 7.10. The lowest BCUT2D eigenvalue weighted by molar-refractivity contribution is 0.0904. The maximum atomic E-state index is 13.6. The molecule has 0 saturated heterocycles. The van der Waals surface area contributed by atoms with Crippen molar-refractivity contribution in [3.8, 4) is 11.6 Å². The molecular formula is C28H27ClF3N5O3. The van der Waals surface area contributed by atoms with Crippen molar-refractivity contribution in [2.45, 2.75) is 44.7 Å². The number of benzene rings is 1. The molecule has 1 fully saturated rings. The Balaban J connectivity index is 1.28. The highest BCUT2D eigenvalue weighted by atomic mass is 35.5. The summed E-state index contributed by atoms with van der Waals surface area (Å²) in [5, 5.41) is 2.96. The van der Waals surface area contributed by atoms with Gasteiger partial charge in [0.25, 0.3) is 12.3 Å². The molecule has 40 heavy (non-hydrogen) atoms. The van der Waals surface area contributed by atoms with E-state index in [4.69, 9.17) is 16.3 Å². The fourth-order valence-corrected chi connectivity index (χ4v) is 5.34. The number of pyridine rings is 2. The van der Waals surface area contributed by atoms with Gasteiger partial charge in [0.15, 0.2) is 0 Å². The Morgan fingerprint density at radius 3 is 2.50 bits per heavy atom. The molecule has 0 bridgehead atoms. The van der Waals surface area contributed by atoms with E-state index >= 15 is 0 Å². The molecule has 1 aliphatic carbocycles. The Morgan fingerprint density at radius 1 is 1.07 bits per heavy atom. The number of para-hydroxylation sites is 2. The molecule has 0 spiro atoms. The van der Waals surface area contributed by atoms with Gasteiger partial charge in [-0.3, -0.25) is 18.9 Å². The molecule has 1 aliphatic rings. The fourth-order valence-electron chi connectivity index (χ4n) is 5.18. The molecule has 1 aromatic carbocycles. The first-order valence-corrected chi connectivity index (χ1v) is 13.3. The van der Waals surface area contributed by atoms with Gasteiger partial charge in [0.05, 0.1) is 33.5 Å². The molecule has 3 aromatic heterocycles. The number of carbonyl (C=O) groups excluding carboxylic acids is 1. The minimum Gasteiger partial charge on any atom is -0.475 e. The topological polar surface area (TPSA) is 91.0 Å². The van der Waals surface area contributed by atoms with Crippen LogP contribution in [0.25, 0.3) is 16.7 Å². The van der Waals surface area contributed by atoms with Gasteiger partial charge >= 0.3 is 5.69 Å². The van der Waals surface area contributed by atoms with Crippen molar-refractivity contribution in [2.75, 3.05) is 13.3 Å². The molecule has 5 rings (SSSR count). The van der Waals surface area contributed by atoms with Gasteiger partial charge in [-0.25, -0.2) is 22.9 Å². The van der Waals surface area contributed by atoms with Gasteiger partial charge in [0.2, 0.25) is 5.88 Å². The van der Waals surface area contributed by atoms with E-state index in [1.165, 1.54) is 12.3 Å². The Morgan fingerprint density at radius 2 is 1.82 bits per heavy atom. The number of hydrogen-bond acceptors (Lipinski definition) is 5. The summed E-state index contributed by atoms with van der Waals surface area (Å²) in [6, 6.07) is 11.8. The van der Waals surface area contributed by atoms with Gasteiger partial charge < -0.3 is 10.1 Å². The molecule has 1 amide bonds. The molecule has 0 atom stereocenters. The summed E-state index contributed by atoms with van der Waals surface area (Å²) < 4.78 is 47.6. The average Bonchev–Trinajstić information content (AvgIpc) is 3.23. The molecule has 4 aromatic rings. The summed E-state index contributed by atoms with van der Waals surface area (Å²) >= 11 is 5.89. The minimum absolute atomic E-state index is 0.0912. The van der Waals surface area contributed by atoms with E-state index in [9.17, 15) is 22.8 Å². The molecule has 0 unspecified atom stereocenters. The molecule has 0 aliphatic heterocycles. The van der Waals surface area contributed by atoms with Crippen molar-refractivity contribution >= 4 is 28.5 Å². The molecule has 0 radical (unpaired) electrons. The molecule has 3 heterocycles. The standard InChI is InChI=1S/C28H27ClF3N5O3/c29-18-13-21(25(26(31)32)34-14-18)27(38)35-19-7-5-17(6-8-19)16-36-22-3-1-2-4-23(22)37(28(36)39)20-9-10-24(33-15-20)40-12-11-30/h1-4,9-10,13-15,17,19,26H,5-8,11-12,16H2,(H,35,38). The summed E-state index contributed by atoms with van der Waals surface area (Å²) in [5.41, 5.74) is 1.07. The first-order valence-electron chi connectivity index (χ1n) is 13.0. The predicted octanol–water partition coefficient (Wildman–Crippen LogP) is 5.51. The molecule has 210 valence electrons. The number of amides is 1. The number of rotatable bonds is 9. The summed E-state index contributed by atoms with van der Waals surface area (Å²) in [4.78, 5) is 34.1. The number of ether oxygens (including phenoxy) is 1. The van der Waals surface area contributed by atoms with E-state index in [2.05, 4.69) is 15.3 Å². The first kappa shape index (κ1) is 27.7. The van der Waals surface area contributed by atoms with E-state index in [1.807, 2.05) is 24.3 Å². The second-order valence-corrected chi connectivity index (χ2v) is 10.1. The predicted molar refractivity (Wildman–Crippen MR) is 144 cm³/mol. The van der Waals surface area contributed by atoms with E-state index < -0.39 is 24.7 Å². The maximum Gasteiger partial charge on any atom is 0.333 e. The lowest BCUT2D eigenvalue weighted by Gasteiger charge is -2.29. The van der Waals surface area contributed by atoms with Gasteiger partial charge in [-0.1, -0.05) is 23.7 Å². The van der Waals surface area contributed by atoms with Crippen molar-refractivity contribution in [2.24, 2.45) is 5.92 Å². The van der Waals surface area contributed by atoms with Crippen molar-refractivity contribution < 1.29 is 22.7 Å². The lowest BCUT2D eigenvalue weighted by atomic mass is 9.85. The van der Waals surface area contributed by atoms with E-state index in [1.54, 1.807) is 21.3 Å². The van der Waals surface area contributed by atoms with Crippen LogP contribution in [0.3, 0.4) is 0 Å². The van der Waals surface area contributed by atoms with Gasteiger partial charge in [-0.05, 0) is 55.9 Å². The van der Waals surface area contributed by atoms with Crippen LogP contribution in [-0.2, 0) is 6.54 Å². The number of alkyl halides is 3. The van der Waals surface area contributed by atoms with E-state index in [0.717, 1.165) is 30.1 Å². The fraction of sp³-hybridized carbons (Fsp3) is 0.357. The highest BCUT2D eigenvalue weighted by Gasteiger charge is 2.27. The smallest absolute Gasteiger partial charge is 0.333 e. The number of carbonyl (C=O) groups is 1. The number of fused-ring (bicyclic) bond motifs is 1. The van der Waals surface area contributed by atoms with Crippen LogP contribution in [0.1, 0.15) is 48.2 Å². The highest BCUT2D eigenvalue weighted by molar-refractivity contribution is 6.30. The van der Waals surface area contributed by atoms with Crippen LogP contribution in [0.5, 0.6) is 5.88 Å². The van der Waals surface area contributed by atoms with Crippen LogP contribution in [0.15, 0.2) is 59.7 Å². The van der Waals surface area contributed by atoms with Crippen molar-refractivity contribution in [1.82, 2.24) is 24.4 Å². The SMILES string of the molecule is O=C(NC1CCC(Cn2c(=O)n(-c3ccc(OCCF)nc3)c3ccccc32)CC1)c1cc(Cl)cnc1C(F)F. The summed E-state index contributed by atoms with van der Waals surface area (Å²) in [7, 11) is 0. The lowest BCUT2D eigenvalue weighted by Crippen LogP contribution is -2.39. The second-order valence-electron chi connectivity index (χ2n) is 9.69. The summed E-state index contributed by atoms with van der Waals surface area (Å²) in [5.74, 6) is -0.161. The largest absolute Gasteiger partial charge is 0.475 e. The summed E-state index contributed by atoms with van der Waals surface area (Å²) in [6.45, 7) is -0.221. The van der Waals surface area contributed by atoms with Gasteiger partial charge in [0.1, 0.15) is 19.0 Å². The highest BCUT2D eigenvalue weighted by Crippen LogP contribution is 2.29. The molecular weight excluding hydrogens is 547 g/mol. The van der Waals surface area contributed by atoms with E-state index in [-0.39, 0.29) is 40.7 Å². The van der Waals surface area contributed by atoms with Crippen LogP contribution in [0, 0.1) is 5.92 Å². The Labute approximate surface area is 232 Å². The van der Waals surface area contributed by atoms with Crippen molar-refractivity contribution in [1.29, 1.82) is 0 Å². The first-order chi connectivity index (χ1) is 19.4. The van der Waals surface area contributed by atoms with Gasteiger partial charge in [-0.2, -0.15) is 0 Å². The molecule has 8 nitrogen and oxygen atoms in total. The zero-order chi connectivity index (χ0) is 28.2. The van der Waals surface area contributed by atoms with Crippen LogP contribution in [-0.4, -0.2) is 44.3 Å². The molecule has 1 N–H and O–H groups in total. The third kappa shape index (κ3) is 5.84. The Hall–Kier alpha value is -3.86. The monoisotopic (exact) mass is 573 g/mol. The number of nitrogens with zero attached hydrogens (tertiary/aromatic N) is 4. The number of halogens is 4. The quantitative estimate of drug-likeness (QED) is 0.285. The minimum atomic E-state index is -2.89. The average molecular weight is 574 g/mol. The van der Waals surface area contributed by atoms with Gasteiger partial charge in [-0.15, -0.1) is 0 Å².